The second-order valence-electron chi connectivity index (χ2n) is 4.73. The van der Waals surface area contributed by atoms with Crippen molar-refractivity contribution in [3.05, 3.63) is 23.8 Å². The quantitative estimate of drug-likeness (QED) is 0.576. The second-order valence-corrected chi connectivity index (χ2v) is 4.73. The predicted octanol–water partition coefficient (Wildman–Crippen LogP) is 0.988. The summed E-state index contributed by atoms with van der Waals surface area (Å²) in [4.78, 5) is 12.5. The summed E-state index contributed by atoms with van der Waals surface area (Å²) >= 11 is 0. The highest BCUT2D eigenvalue weighted by Gasteiger charge is 2.09. The van der Waals surface area contributed by atoms with E-state index >= 15 is 0 Å². The molecule has 5 heteroatoms. The fourth-order valence-corrected chi connectivity index (χ4v) is 1.09. The molecule has 0 spiro atoms. The van der Waals surface area contributed by atoms with Crippen molar-refractivity contribution >= 4 is 5.96 Å². The van der Waals surface area contributed by atoms with Crippen molar-refractivity contribution in [3.63, 3.8) is 0 Å². The van der Waals surface area contributed by atoms with Crippen molar-refractivity contribution in [3.8, 4) is 0 Å². The lowest BCUT2D eigenvalue weighted by molar-refractivity contribution is 0.508. The molecule has 0 atom stereocenters. The highest BCUT2D eigenvalue weighted by atomic mass is 15.1. The molecule has 0 aliphatic carbocycles. The van der Waals surface area contributed by atoms with E-state index in [4.69, 9.17) is 5.73 Å². The first-order chi connectivity index (χ1) is 7.37. The topological polar surface area (TPSA) is 76.2 Å². The standard InChI is InChI=1S/C11H19N5/c1-8-5-14-9(6-13-8)7-15-10(12)16-11(2,3)4/h5-6H,7H2,1-4H3,(H3,12,15,16). The number of rotatable bonds is 2. The Bertz CT molecular complexity index is 361. The number of hydrogen-bond acceptors (Lipinski definition) is 3. The van der Waals surface area contributed by atoms with Crippen LogP contribution in [0.1, 0.15) is 32.2 Å². The summed E-state index contributed by atoms with van der Waals surface area (Å²) in [6, 6.07) is 0. The summed E-state index contributed by atoms with van der Waals surface area (Å²) < 4.78 is 0. The van der Waals surface area contributed by atoms with Gasteiger partial charge in [0.15, 0.2) is 5.96 Å². The van der Waals surface area contributed by atoms with Gasteiger partial charge in [-0.1, -0.05) is 0 Å². The number of nitrogens with two attached hydrogens (primary N) is 1. The molecular weight excluding hydrogens is 202 g/mol. The monoisotopic (exact) mass is 221 g/mol. The summed E-state index contributed by atoms with van der Waals surface area (Å²) in [5.41, 5.74) is 7.36. The molecular formula is C11H19N5. The van der Waals surface area contributed by atoms with Crippen LogP contribution in [0.15, 0.2) is 17.4 Å². The minimum absolute atomic E-state index is 0.0768. The van der Waals surface area contributed by atoms with Gasteiger partial charge in [0.25, 0.3) is 0 Å². The van der Waals surface area contributed by atoms with Crippen molar-refractivity contribution in [2.24, 2.45) is 10.7 Å². The lowest BCUT2D eigenvalue weighted by Gasteiger charge is -2.20. The van der Waals surface area contributed by atoms with Crippen LogP contribution in [0.5, 0.6) is 0 Å². The van der Waals surface area contributed by atoms with Crippen LogP contribution in [0.3, 0.4) is 0 Å². The number of nitrogens with one attached hydrogen (secondary N) is 1. The molecule has 0 aliphatic heterocycles. The maximum absolute atomic E-state index is 5.73. The number of guanidine groups is 1. The lowest BCUT2D eigenvalue weighted by Crippen LogP contribution is -2.45. The molecule has 0 fully saturated rings. The van der Waals surface area contributed by atoms with E-state index in [-0.39, 0.29) is 5.54 Å². The molecule has 1 rings (SSSR count). The van der Waals surface area contributed by atoms with Crippen LogP contribution in [0.25, 0.3) is 0 Å². The zero-order valence-electron chi connectivity index (χ0n) is 10.3. The Morgan fingerprint density at radius 2 is 2.06 bits per heavy atom. The minimum atomic E-state index is -0.0768. The minimum Gasteiger partial charge on any atom is -0.370 e. The van der Waals surface area contributed by atoms with Gasteiger partial charge >= 0.3 is 0 Å². The normalized spacial score (nSPS) is 12.6. The first kappa shape index (κ1) is 12.4. The molecule has 3 N–H and O–H groups in total. The molecule has 0 aliphatic rings. The highest BCUT2D eigenvalue weighted by Crippen LogP contribution is 1.99. The summed E-state index contributed by atoms with van der Waals surface area (Å²) in [6.07, 6.45) is 3.43. The summed E-state index contributed by atoms with van der Waals surface area (Å²) in [6.45, 7) is 8.43. The second kappa shape index (κ2) is 4.92. The molecule has 16 heavy (non-hydrogen) atoms. The molecule has 1 heterocycles. The van der Waals surface area contributed by atoms with Crippen LogP contribution in [-0.2, 0) is 6.54 Å². The molecule has 88 valence electrons. The molecule has 0 unspecified atom stereocenters. The van der Waals surface area contributed by atoms with Crippen molar-refractivity contribution in [2.75, 3.05) is 0 Å². The van der Waals surface area contributed by atoms with Crippen LogP contribution >= 0.6 is 0 Å². The van der Waals surface area contributed by atoms with Crippen LogP contribution in [-0.4, -0.2) is 21.5 Å². The third kappa shape index (κ3) is 4.72. The van der Waals surface area contributed by atoms with E-state index in [1.54, 1.807) is 12.4 Å². The smallest absolute Gasteiger partial charge is 0.189 e. The van der Waals surface area contributed by atoms with Crippen molar-refractivity contribution in [1.82, 2.24) is 15.3 Å². The first-order valence-corrected chi connectivity index (χ1v) is 5.22. The average Bonchev–Trinajstić information content (AvgIpc) is 2.14. The Kier molecular flexibility index (Phi) is 3.82. The zero-order chi connectivity index (χ0) is 12.2. The average molecular weight is 221 g/mol. The van der Waals surface area contributed by atoms with E-state index in [1.165, 1.54) is 0 Å². The van der Waals surface area contributed by atoms with Crippen LogP contribution < -0.4 is 11.1 Å². The fraction of sp³-hybridized carbons (Fsp3) is 0.545. The maximum Gasteiger partial charge on any atom is 0.189 e. The number of nitrogens with zero attached hydrogens (tertiary/aromatic N) is 3. The van der Waals surface area contributed by atoms with Gasteiger partial charge in [-0.3, -0.25) is 9.97 Å². The van der Waals surface area contributed by atoms with Gasteiger partial charge in [-0.15, -0.1) is 0 Å². The van der Waals surface area contributed by atoms with Crippen molar-refractivity contribution in [1.29, 1.82) is 0 Å². The molecule has 0 radical (unpaired) electrons. The number of aryl methyl sites for hydroxylation is 1. The van der Waals surface area contributed by atoms with Gasteiger partial charge in [-0.05, 0) is 27.7 Å². The third-order valence-corrected chi connectivity index (χ3v) is 1.75. The van der Waals surface area contributed by atoms with Crippen molar-refractivity contribution < 1.29 is 0 Å². The van der Waals surface area contributed by atoms with Crippen molar-refractivity contribution in [2.45, 2.75) is 39.8 Å². The number of aromatic nitrogens is 2. The SMILES string of the molecule is Cc1cnc(CN=C(N)NC(C)(C)C)cn1. The molecule has 0 aromatic carbocycles. The van der Waals surface area contributed by atoms with E-state index in [2.05, 4.69) is 20.3 Å². The maximum atomic E-state index is 5.73. The predicted molar refractivity (Wildman–Crippen MR) is 65.0 cm³/mol. The summed E-state index contributed by atoms with van der Waals surface area (Å²) in [5.74, 6) is 0.426. The molecule has 0 amide bonds. The number of hydrogen-bond donors (Lipinski definition) is 2. The molecule has 0 saturated carbocycles. The van der Waals surface area contributed by atoms with Gasteiger partial charge in [0, 0.05) is 11.7 Å². The number of aliphatic imine (C=N–C) groups is 1. The lowest BCUT2D eigenvalue weighted by atomic mass is 10.1. The Hall–Kier alpha value is -1.65. The van der Waals surface area contributed by atoms with Gasteiger partial charge in [-0.25, -0.2) is 4.99 Å². The van der Waals surface area contributed by atoms with Gasteiger partial charge in [-0.2, -0.15) is 0 Å². The Balaban J connectivity index is 2.56. The summed E-state index contributed by atoms with van der Waals surface area (Å²) in [7, 11) is 0. The van der Waals surface area contributed by atoms with E-state index in [1.807, 2.05) is 27.7 Å². The van der Waals surface area contributed by atoms with Gasteiger partial charge in [0.1, 0.15) is 0 Å². The molecule has 5 nitrogen and oxygen atoms in total. The van der Waals surface area contributed by atoms with Gasteiger partial charge < -0.3 is 11.1 Å². The van der Waals surface area contributed by atoms with Crippen LogP contribution in [0.4, 0.5) is 0 Å². The Morgan fingerprint density at radius 1 is 1.38 bits per heavy atom. The van der Waals surface area contributed by atoms with E-state index in [0.29, 0.717) is 12.5 Å². The van der Waals surface area contributed by atoms with Crippen LogP contribution in [0, 0.1) is 6.92 Å². The first-order valence-electron chi connectivity index (χ1n) is 5.22. The van der Waals surface area contributed by atoms with Gasteiger partial charge in [0.2, 0.25) is 0 Å². The zero-order valence-corrected chi connectivity index (χ0v) is 10.3. The molecule has 0 saturated heterocycles. The highest BCUT2D eigenvalue weighted by molar-refractivity contribution is 5.78. The van der Waals surface area contributed by atoms with Gasteiger partial charge in [0.05, 0.1) is 24.1 Å². The Labute approximate surface area is 96.2 Å². The van der Waals surface area contributed by atoms with E-state index in [9.17, 15) is 0 Å². The van der Waals surface area contributed by atoms with E-state index in [0.717, 1.165) is 11.4 Å². The van der Waals surface area contributed by atoms with Crippen LogP contribution in [0.2, 0.25) is 0 Å². The summed E-state index contributed by atoms with van der Waals surface area (Å²) in [5, 5.41) is 3.08. The Morgan fingerprint density at radius 3 is 2.56 bits per heavy atom. The molecule has 1 aromatic heterocycles. The fourth-order valence-electron chi connectivity index (χ4n) is 1.09. The largest absolute Gasteiger partial charge is 0.370 e. The molecule has 1 aromatic rings. The third-order valence-electron chi connectivity index (χ3n) is 1.75. The molecule has 0 bridgehead atoms. The van der Waals surface area contributed by atoms with E-state index < -0.39 is 0 Å².